The molecule has 1 aliphatic heterocycles. The Bertz CT molecular complexity index is 286. The fraction of sp³-hybridized carbons (Fsp3) is 0.500. The minimum Gasteiger partial charge on any atom is -0.299 e. The van der Waals surface area contributed by atoms with Gasteiger partial charge in [0.15, 0.2) is 0 Å². The predicted octanol–water partition coefficient (Wildman–Crippen LogP) is 2.79. The van der Waals surface area contributed by atoms with E-state index in [1.165, 1.54) is 5.56 Å². The van der Waals surface area contributed by atoms with Crippen LogP contribution < -0.4 is 0 Å². The summed E-state index contributed by atoms with van der Waals surface area (Å²) >= 11 is 0. The van der Waals surface area contributed by atoms with Crippen molar-refractivity contribution in [3.63, 3.8) is 0 Å². The summed E-state index contributed by atoms with van der Waals surface area (Å²) in [7, 11) is 2.07. The van der Waals surface area contributed by atoms with E-state index in [9.17, 15) is 4.39 Å². The zero-order chi connectivity index (χ0) is 9.97. The first-order chi connectivity index (χ1) is 6.77. The summed E-state index contributed by atoms with van der Waals surface area (Å²) in [5.74, 6) is 0. The van der Waals surface area contributed by atoms with E-state index in [4.69, 9.17) is 0 Å². The lowest BCUT2D eigenvalue weighted by molar-refractivity contribution is 0.114. The zero-order valence-electron chi connectivity index (χ0n) is 8.49. The Balaban J connectivity index is 2.16. The summed E-state index contributed by atoms with van der Waals surface area (Å²) in [5.41, 5.74) is 1.23. The fourth-order valence-corrected chi connectivity index (χ4v) is 2.11. The molecule has 0 spiro atoms. The molecule has 76 valence electrons. The molecule has 0 bridgehead atoms. The number of hydrogen-bond acceptors (Lipinski definition) is 1. The lowest BCUT2D eigenvalue weighted by Gasteiger charge is -2.34. The maximum Gasteiger partial charge on any atom is 0.103 e. The molecule has 0 aromatic heterocycles. The van der Waals surface area contributed by atoms with Gasteiger partial charge in [0.1, 0.15) is 6.17 Å². The van der Waals surface area contributed by atoms with Crippen LogP contribution in [-0.2, 0) is 0 Å². The number of hydrogen-bond donors (Lipinski definition) is 0. The molecule has 1 heterocycles. The van der Waals surface area contributed by atoms with E-state index in [-0.39, 0.29) is 6.04 Å². The Labute approximate surface area is 84.5 Å². The maximum atomic E-state index is 13.3. The van der Waals surface area contributed by atoms with Gasteiger partial charge < -0.3 is 0 Å². The molecule has 1 aromatic carbocycles. The molecule has 0 aliphatic carbocycles. The number of rotatable bonds is 1. The Morgan fingerprint density at radius 1 is 1.29 bits per heavy atom. The molecular formula is C12H16FN. The normalized spacial score (nSPS) is 29.0. The predicted molar refractivity (Wildman–Crippen MR) is 55.9 cm³/mol. The van der Waals surface area contributed by atoms with Crippen molar-refractivity contribution in [2.75, 3.05) is 13.6 Å². The first-order valence-corrected chi connectivity index (χ1v) is 5.16. The van der Waals surface area contributed by atoms with Crippen LogP contribution in [0.15, 0.2) is 30.3 Å². The minimum absolute atomic E-state index is 0.264. The van der Waals surface area contributed by atoms with E-state index in [1.807, 2.05) is 18.2 Å². The summed E-state index contributed by atoms with van der Waals surface area (Å²) in [6, 6.07) is 10.5. The SMILES string of the molecule is CN1CC[C@H](F)C[C@@H]1c1ccccc1. The Morgan fingerprint density at radius 3 is 2.71 bits per heavy atom. The van der Waals surface area contributed by atoms with Crippen molar-refractivity contribution in [2.45, 2.75) is 25.1 Å². The van der Waals surface area contributed by atoms with Gasteiger partial charge in [-0.3, -0.25) is 4.90 Å². The Kier molecular flexibility index (Phi) is 2.82. The minimum atomic E-state index is -0.628. The monoisotopic (exact) mass is 193 g/mol. The highest BCUT2D eigenvalue weighted by atomic mass is 19.1. The fourth-order valence-electron chi connectivity index (χ4n) is 2.11. The van der Waals surface area contributed by atoms with E-state index in [0.29, 0.717) is 12.8 Å². The van der Waals surface area contributed by atoms with Gasteiger partial charge in [-0.05, 0) is 25.5 Å². The summed E-state index contributed by atoms with van der Waals surface area (Å²) in [4.78, 5) is 2.24. The van der Waals surface area contributed by atoms with Crippen molar-refractivity contribution in [3.8, 4) is 0 Å². The van der Waals surface area contributed by atoms with Gasteiger partial charge in [-0.2, -0.15) is 0 Å². The number of piperidine rings is 1. The molecule has 0 unspecified atom stereocenters. The highest BCUT2D eigenvalue weighted by Crippen LogP contribution is 2.30. The van der Waals surface area contributed by atoms with Crippen LogP contribution >= 0.6 is 0 Å². The van der Waals surface area contributed by atoms with Crippen molar-refractivity contribution in [2.24, 2.45) is 0 Å². The zero-order valence-corrected chi connectivity index (χ0v) is 8.49. The third-order valence-corrected chi connectivity index (χ3v) is 2.99. The summed E-state index contributed by atoms with van der Waals surface area (Å²) < 4.78 is 13.3. The van der Waals surface area contributed by atoms with Gasteiger partial charge in [-0.15, -0.1) is 0 Å². The first kappa shape index (κ1) is 9.66. The molecule has 2 heteroatoms. The van der Waals surface area contributed by atoms with Gasteiger partial charge >= 0.3 is 0 Å². The summed E-state index contributed by atoms with van der Waals surface area (Å²) in [6.45, 7) is 0.862. The van der Waals surface area contributed by atoms with Crippen LogP contribution in [0.2, 0.25) is 0 Å². The van der Waals surface area contributed by atoms with E-state index >= 15 is 0 Å². The number of halogens is 1. The second-order valence-electron chi connectivity index (χ2n) is 4.03. The van der Waals surface area contributed by atoms with Crippen LogP contribution in [0.1, 0.15) is 24.4 Å². The van der Waals surface area contributed by atoms with Crippen LogP contribution in [0.4, 0.5) is 4.39 Å². The van der Waals surface area contributed by atoms with Crippen LogP contribution in [-0.4, -0.2) is 24.7 Å². The lowest BCUT2D eigenvalue weighted by atomic mass is 9.95. The smallest absolute Gasteiger partial charge is 0.103 e. The largest absolute Gasteiger partial charge is 0.299 e. The summed E-state index contributed by atoms with van der Waals surface area (Å²) in [6.07, 6.45) is 0.691. The molecule has 0 radical (unpaired) electrons. The van der Waals surface area contributed by atoms with Crippen LogP contribution in [0.25, 0.3) is 0 Å². The highest BCUT2D eigenvalue weighted by molar-refractivity contribution is 5.19. The molecule has 0 saturated carbocycles. The van der Waals surface area contributed by atoms with Gasteiger partial charge in [0.05, 0.1) is 0 Å². The molecule has 0 N–H and O–H groups in total. The third kappa shape index (κ3) is 1.95. The second-order valence-corrected chi connectivity index (χ2v) is 4.03. The summed E-state index contributed by atoms with van der Waals surface area (Å²) in [5, 5.41) is 0. The van der Waals surface area contributed by atoms with Crippen LogP contribution in [0.5, 0.6) is 0 Å². The molecule has 1 aromatic rings. The van der Waals surface area contributed by atoms with Crippen molar-refractivity contribution >= 4 is 0 Å². The van der Waals surface area contributed by atoms with Gasteiger partial charge in [0.2, 0.25) is 0 Å². The van der Waals surface area contributed by atoms with Crippen LogP contribution in [0.3, 0.4) is 0 Å². The molecule has 1 fully saturated rings. The topological polar surface area (TPSA) is 3.24 Å². The molecule has 1 saturated heterocycles. The quantitative estimate of drug-likeness (QED) is 0.663. The lowest BCUT2D eigenvalue weighted by Crippen LogP contribution is -2.34. The number of likely N-dealkylation sites (tertiary alicyclic amines) is 1. The van der Waals surface area contributed by atoms with Crippen molar-refractivity contribution < 1.29 is 4.39 Å². The average molecular weight is 193 g/mol. The van der Waals surface area contributed by atoms with Gasteiger partial charge in [0, 0.05) is 12.6 Å². The number of benzene rings is 1. The Morgan fingerprint density at radius 2 is 2.00 bits per heavy atom. The maximum absolute atomic E-state index is 13.3. The van der Waals surface area contributed by atoms with Crippen LogP contribution in [0, 0.1) is 0 Å². The first-order valence-electron chi connectivity index (χ1n) is 5.16. The molecule has 0 amide bonds. The van der Waals surface area contributed by atoms with E-state index in [2.05, 4.69) is 24.1 Å². The number of alkyl halides is 1. The molecule has 1 aliphatic rings. The standard InChI is InChI=1S/C12H16FN/c1-14-8-7-11(13)9-12(14)10-5-3-2-4-6-10/h2-6,11-12H,7-9H2,1H3/t11-,12+/m0/s1. The van der Waals surface area contributed by atoms with E-state index in [0.717, 1.165) is 6.54 Å². The second kappa shape index (κ2) is 4.09. The van der Waals surface area contributed by atoms with E-state index in [1.54, 1.807) is 0 Å². The van der Waals surface area contributed by atoms with E-state index < -0.39 is 6.17 Å². The van der Waals surface area contributed by atoms with Gasteiger partial charge in [-0.1, -0.05) is 30.3 Å². The highest BCUT2D eigenvalue weighted by Gasteiger charge is 2.26. The number of nitrogens with zero attached hydrogens (tertiary/aromatic N) is 1. The molecular weight excluding hydrogens is 177 g/mol. The average Bonchev–Trinajstić information content (AvgIpc) is 2.23. The third-order valence-electron chi connectivity index (χ3n) is 2.99. The molecule has 2 atom stereocenters. The van der Waals surface area contributed by atoms with Gasteiger partial charge in [0.25, 0.3) is 0 Å². The van der Waals surface area contributed by atoms with Gasteiger partial charge in [-0.25, -0.2) is 4.39 Å². The molecule has 14 heavy (non-hydrogen) atoms. The van der Waals surface area contributed by atoms with Crippen molar-refractivity contribution in [1.82, 2.24) is 4.90 Å². The Hall–Kier alpha value is -0.890. The molecule has 2 rings (SSSR count). The van der Waals surface area contributed by atoms with Crippen molar-refractivity contribution in [3.05, 3.63) is 35.9 Å². The van der Waals surface area contributed by atoms with Crippen molar-refractivity contribution in [1.29, 1.82) is 0 Å². The molecule has 1 nitrogen and oxygen atoms in total.